The van der Waals surface area contributed by atoms with E-state index in [1.165, 1.54) is 0 Å². The number of halogens is 1. The number of carbonyl (C=O) groups is 2. The number of ether oxygens (including phenoxy) is 2. The predicted molar refractivity (Wildman–Crippen MR) is 102 cm³/mol. The summed E-state index contributed by atoms with van der Waals surface area (Å²) in [6, 6.07) is 11.8. The Bertz CT molecular complexity index is 774. The summed E-state index contributed by atoms with van der Waals surface area (Å²) < 4.78 is 10.7. The van der Waals surface area contributed by atoms with Crippen molar-refractivity contribution in [1.29, 1.82) is 0 Å². The lowest BCUT2D eigenvalue weighted by Gasteiger charge is -2.18. The number of hydrogen-bond donors (Lipinski definition) is 1. The fourth-order valence-corrected chi connectivity index (χ4v) is 2.42. The zero-order valence-electron chi connectivity index (χ0n) is 15.0. The van der Waals surface area contributed by atoms with Gasteiger partial charge in [-0.2, -0.15) is 0 Å². The van der Waals surface area contributed by atoms with Gasteiger partial charge in [-0.25, -0.2) is 4.79 Å². The molecular formula is C20H22ClNO4. The number of nitrogens with one attached hydrogen (secondary N) is 1. The molecular weight excluding hydrogens is 354 g/mol. The summed E-state index contributed by atoms with van der Waals surface area (Å²) in [5.41, 5.74) is 1.90. The van der Waals surface area contributed by atoms with E-state index in [1.807, 2.05) is 13.8 Å². The molecule has 138 valence electrons. The van der Waals surface area contributed by atoms with E-state index in [4.69, 9.17) is 21.1 Å². The number of esters is 1. The first-order valence-corrected chi connectivity index (χ1v) is 8.83. The van der Waals surface area contributed by atoms with E-state index in [-0.39, 0.29) is 5.91 Å². The quantitative estimate of drug-likeness (QED) is 0.717. The van der Waals surface area contributed by atoms with Crippen LogP contribution in [-0.2, 0) is 9.53 Å². The van der Waals surface area contributed by atoms with Crippen LogP contribution in [0.15, 0.2) is 42.5 Å². The van der Waals surface area contributed by atoms with Gasteiger partial charge in [0.2, 0.25) is 0 Å². The van der Waals surface area contributed by atoms with E-state index in [0.29, 0.717) is 35.1 Å². The minimum absolute atomic E-state index is 0.260. The van der Waals surface area contributed by atoms with Gasteiger partial charge in [-0.3, -0.25) is 4.79 Å². The van der Waals surface area contributed by atoms with Crippen LogP contribution in [0.5, 0.6) is 5.75 Å². The summed E-state index contributed by atoms with van der Waals surface area (Å²) >= 11 is 6.01. The molecule has 0 bridgehead atoms. The van der Waals surface area contributed by atoms with E-state index in [1.54, 1.807) is 49.4 Å². The molecule has 0 spiro atoms. The van der Waals surface area contributed by atoms with Crippen molar-refractivity contribution in [3.8, 4) is 5.75 Å². The van der Waals surface area contributed by atoms with Crippen molar-refractivity contribution in [2.75, 3.05) is 11.9 Å². The highest BCUT2D eigenvalue weighted by molar-refractivity contribution is 6.31. The molecule has 26 heavy (non-hydrogen) atoms. The maximum absolute atomic E-state index is 12.5. The average Bonchev–Trinajstić information content (AvgIpc) is 2.63. The zero-order valence-corrected chi connectivity index (χ0v) is 15.8. The van der Waals surface area contributed by atoms with Crippen LogP contribution in [0.3, 0.4) is 0 Å². The largest absolute Gasteiger partial charge is 0.481 e. The van der Waals surface area contributed by atoms with Crippen molar-refractivity contribution in [2.24, 2.45) is 0 Å². The van der Waals surface area contributed by atoms with E-state index in [0.717, 1.165) is 5.56 Å². The Morgan fingerprint density at radius 3 is 2.38 bits per heavy atom. The van der Waals surface area contributed by atoms with E-state index in [9.17, 15) is 9.59 Å². The summed E-state index contributed by atoms with van der Waals surface area (Å²) in [4.78, 5) is 24.1. The van der Waals surface area contributed by atoms with Crippen LogP contribution >= 0.6 is 11.6 Å². The number of rotatable bonds is 7. The highest BCUT2D eigenvalue weighted by Gasteiger charge is 2.19. The second-order valence-electron chi connectivity index (χ2n) is 5.71. The SMILES string of the molecule is CCOC(=O)c1ccc(NC(=O)C(CC)Oc2ccc(Cl)c(C)c2)cc1. The van der Waals surface area contributed by atoms with E-state index >= 15 is 0 Å². The first kappa shape index (κ1) is 19.8. The molecule has 0 fully saturated rings. The third-order valence-corrected chi connectivity index (χ3v) is 4.16. The van der Waals surface area contributed by atoms with Gasteiger partial charge >= 0.3 is 5.97 Å². The molecule has 5 nitrogen and oxygen atoms in total. The molecule has 0 heterocycles. The standard InChI is InChI=1S/C20H22ClNO4/c1-4-18(26-16-10-11-17(21)13(3)12-16)19(23)22-15-8-6-14(7-9-15)20(24)25-5-2/h6-12,18H,4-5H2,1-3H3,(H,22,23). The lowest BCUT2D eigenvalue weighted by Crippen LogP contribution is -2.32. The molecule has 1 amide bonds. The van der Waals surface area contributed by atoms with Crippen molar-refractivity contribution in [2.45, 2.75) is 33.3 Å². The molecule has 2 rings (SSSR count). The van der Waals surface area contributed by atoms with Gasteiger partial charge < -0.3 is 14.8 Å². The molecule has 0 aliphatic heterocycles. The lowest BCUT2D eigenvalue weighted by atomic mass is 10.2. The fraction of sp³-hybridized carbons (Fsp3) is 0.300. The third-order valence-electron chi connectivity index (χ3n) is 3.73. The maximum atomic E-state index is 12.5. The second kappa shape index (κ2) is 9.25. The first-order valence-electron chi connectivity index (χ1n) is 8.45. The van der Waals surface area contributed by atoms with Gasteiger partial charge in [0, 0.05) is 10.7 Å². The molecule has 0 radical (unpaired) electrons. The number of amides is 1. The molecule has 2 aromatic rings. The highest BCUT2D eigenvalue weighted by Crippen LogP contribution is 2.23. The van der Waals surface area contributed by atoms with Gasteiger partial charge in [-0.05, 0) is 68.3 Å². The molecule has 0 saturated heterocycles. The van der Waals surface area contributed by atoms with Gasteiger partial charge in [0.25, 0.3) is 5.91 Å². The summed E-state index contributed by atoms with van der Waals surface area (Å²) in [7, 11) is 0. The van der Waals surface area contributed by atoms with E-state index in [2.05, 4.69) is 5.32 Å². The van der Waals surface area contributed by atoms with Crippen LogP contribution in [0.25, 0.3) is 0 Å². The second-order valence-corrected chi connectivity index (χ2v) is 6.12. The molecule has 0 aliphatic rings. The lowest BCUT2D eigenvalue weighted by molar-refractivity contribution is -0.122. The fourth-order valence-electron chi connectivity index (χ4n) is 2.30. The summed E-state index contributed by atoms with van der Waals surface area (Å²) in [5.74, 6) is -0.0613. The van der Waals surface area contributed by atoms with E-state index < -0.39 is 12.1 Å². The van der Waals surface area contributed by atoms with Crippen LogP contribution in [0.1, 0.15) is 36.2 Å². The summed E-state index contributed by atoms with van der Waals surface area (Å²) in [6.45, 7) is 5.81. The minimum Gasteiger partial charge on any atom is -0.481 e. The van der Waals surface area contributed by atoms with Crippen LogP contribution in [0.2, 0.25) is 5.02 Å². The molecule has 0 saturated carbocycles. The van der Waals surface area contributed by atoms with Crippen molar-refractivity contribution >= 4 is 29.2 Å². The first-order chi connectivity index (χ1) is 12.4. The average molecular weight is 376 g/mol. The molecule has 1 N–H and O–H groups in total. The van der Waals surface area contributed by atoms with Gasteiger partial charge in [-0.1, -0.05) is 18.5 Å². The molecule has 1 atom stereocenters. The van der Waals surface area contributed by atoms with Crippen LogP contribution < -0.4 is 10.1 Å². The number of carbonyl (C=O) groups excluding carboxylic acids is 2. The maximum Gasteiger partial charge on any atom is 0.338 e. The van der Waals surface area contributed by atoms with Crippen molar-refractivity contribution in [3.63, 3.8) is 0 Å². The normalized spacial score (nSPS) is 11.5. The Morgan fingerprint density at radius 1 is 1.12 bits per heavy atom. The summed E-state index contributed by atoms with van der Waals surface area (Å²) in [5, 5.41) is 3.44. The van der Waals surface area contributed by atoms with Gasteiger partial charge in [0.15, 0.2) is 6.10 Å². The predicted octanol–water partition coefficient (Wildman–Crippen LogP) is 4.62. The third kappa shape index (κ3) is 5.23. The molecule has 2 aromatic carbocycles. The number of anilines is 1. The molecule has 6 heteroatoms. The highest BCUT2D eigenvalue weighted by atomic mass is 35.5. The number of hydrogen-bond acceptors (Lipinski definition) is 4. The molecule has 0 aliphatic carbocycles. The summed E-state index contributed by atoms with van der Waals surface area (Å²) in [6.07, 6.45) is -0.130. The van der Waals surface area contributed by atoms with Crippen molar-refractivity contribution in [3.05, 3.63) is 58.6 Å². The van der Waals surface area contributed by atoms with Crippen molar-refractivity contribution < 1.29 is 19.1 Å². The Balaban J connectivity index is 2.02. The number of benzene rings is 2. The monoisotopic (exact) mass is 375 g/mol. The zero-order chi connectivity index (χ0) is 19.1. The van der Waals surface area contributed by atoms with Gasteiger partial charge in [-0.15, -0.1) is 0 Å². The van der Waals surface area contributed by atoms with Crippen LogP contribution in [0, 0.1) is 6.92 Å². The molecule has 1 unspecified atom stereocenters. The Hall–Kier alpha value is -2.53. The van der Waals surface area contributed by atoms with Crippen molar-refractivity contribution in [1.82, 2.24) is 0 Å². The van der Waals surface area contributed by atoms with Gasteiger partial charge in [0.05, 0.1) is 12.2 Å². The minimum atomic E-state index is -0.639. The smallest absolute Gasteiger partial charge is 0.338 e. The number of aryl methyl sites for hydroxylation is 1. The van der Waals surface area contributed by atoms with Crippen LogP contribution in [-0.4, -0.2) is 24.6 Å². The van der Waals surface area contributed by atoms with Gasteiger partial charge in [0.1, 0.15) is 5.75 Å². The molecule has 0 aromatic heterocycles. The topological polar surface area (TPSA) is 64.6 Å². The van der Waals surface area contributed by atoms with Crippen LogP contribution in [0.4, 0.5) is 5.69 Å². The Kier molecular flexibility index (Phi) is 7.04. The Labute approximate surface area is 158 Å². The Morgan fingerprint density at radius 2 is 1.81 bits per heavy atom.